The molecule has 0 amide bonds. The summed E-state index contributed by atoms with van der Waals surface area (Å²) in [6, 6.07) is 7.00. The standard InChI is InChI=1S/C18H23Cl2FN4/c1-14-22-17(19)18(20)25(14)9-5-4-8-23-10-12-24(13-11-23)16-7-3-2-6-15(16)21/h2-3,6-7H,4-5,8-13H2,1H3. The summed E-state index contributed by atoms with van der Waals surface area (Å²) in [6.45, 7) is 7.45. The third kappa shape index (κ3) is 4.46. The number of benzene rings is 1. The van der Waals surface area contributed by atoms with Gasteiger partial charge < -0.3 is 9.47 Å². The lowest BCUT2D eigenvalue weighted by Gasteiger charge is -2.36. The van der Waals surface area contributed by atoms with Gasteiger partial charge in [0.1, 0.15) is 16.8 Å². The second-order valence-electron chi connectivity index (χ2n) is 6.38. The van der Waals surface area contributed by atoms with Crippen molar-refractivity contribution in [2.45, 2.75) is 26.3 Å². The molecule has 0 spiro atoms. The lowest BCUT2D eigenvalue weighted by atomic mass is 10.2. The van der Waals surface area contributed by atoms with Crippen molar-refractivity contribution in [2.75, 3.05) is 37.6 Å². The van der Waals surface area contributed by atoms with Crippen LogP contribution in [0.15, 0.2) is 24.3 Å². The van der Waals surface area contributed by atoms with E-state index in [1.807, 2.05) is 23.6 Å². The van der Waals surface area contributed by atoms with E-state index < -0.39 is 0 Å². The molecule has 0 N–H and O–H groups in total. The molecule has 2 aromatic rings. The normalized spacial score (nSPS) is 15.8. The summed E-state index contributed by atoms with van der Waals surface area (Å²) in [6.07, 6.45) is 2.12. The molecule has 3 rings (SSSR count). The second-order valence-corrected chi connectivity index (χ2v) is 7.10. The van der Waals surface area contributed by atoms with E-state index in [1.165, 1.54) is 6.07 Å². The Morgan fingerprint density at radius 2 is 1.72 bits per heavy atom. The second kappa shape index (κ2) is 8.39. The van der Waals surface area contributed by atoms with Gasteiger partial charge in [-0.2, -0.15) is 0 Å². The fourth-order valence-electron chi connectivity index (χ4n) is 3.29. The van der Waals surface area contributed by atoms with Crippen LogP contribution in [0.3, 0.4) is 0 Å². The first kappa shape index (κ1) is 18.5. The smallest absolute Gasteiger partial charge is 0.166 e. The summed E-state index contributed by atoms with van der Waals surface area (Å²) in [4.78, 5) is 8.74. The zero-order chi connectivity index (χ0) is 17.8. The van der Waals surface area contributed by atoms with Gasteiger partial charge in [-0.1, -0.05) is 35.3 Å². The molecule has 4 nitrogen and oxygen atoms in total. The van der Waals surface area contributed by atoms with Crippen LogP contribution in [0.1, 0.15) is 18.7 Å². The summed E-state index contributed by atoms with van der Waals surface area (Å²) in [5.74, 6) is 0.718. The molecule has 1 aliphatic rings. The molecule has 0 atom stereocenters. The monoisotopic (exact) mass is 384 g/mol. The number of hydrogen-bond acceptors (Lipinski definition) is 3. The van der Waals surface area contributed by atoms with E-state index in [-0.39, 0.29) is 5.82 Å². The van der Waals surface area contributed by atoms with Crippen LogP contribution in [0, 0.1) is 12.7 Å². The van der Waals surface area contributed by atoms with Crippen LogP contribution in [-0.4, -0.2) is 47.2 Å². The first-order valence-corrected chi connectivity index (χ1v) is 9.42. The predicted molar refractivity (Wildman–Crippen MR) is 101 cm³/mol. The zero-order valence-corrected chi connectivity index (χ0v) is 15.9. The molecule has 7 heteroatoms. The Hall–Kier alpha value is -1.30. The van der Waals surface area contributed by atoms with Crippen LogP contribution >= 0.6 is 23.2 Å². The average molecular weight is 385 g/mol. The van der Waals surface area contributed by atoms with Crippen LogP contribution in [0.2, 0.25) is 10.3 Å². The van der Waals surface area contributed by atoms with E-state index in [9.17, 15) is 4.39 Å². The number of halogens is 3. The molecule has 136 valence electrons. The lowest BCUT2D eigenvalue weighted by molar-refractivity contribution is 0.250. The predicted octanol–water partition coefficient (Wildman–Crippen LogP) is 4.24. The van der Waals surface area contributed by atoms with Gasteiger partial charge in [0.25, 0.3) is 0 Å². The fourth-order valence-corrected chi connectivity index (χ4v) is 3.76. The number of aryl methyl sites for hydroxylation is 1. The molecule has 1 saturated heterocycles. The minimum absolute atomic E-state index is 0.137. The molecule has 1 aromatic heterocycles. The molecule has 1 fully saturated rings. The lowest BCUT2D eigenvalue weighted by Crippen LogP contribution is -2.46. The number of nitrogens with zero attached hydrogens (tertiary/aromatic N) is 4. The van der Waals surface area contributed by atoms with Crippen molar-refractivity contribution < 1.29 is 4.39 Å². The van der Waals surface area contributed by atoms with Crippen LogP contribution in [0.25, 0.3) is 0 Å². The van der Waals surface area contributed by atoms with Gasteiger partial charge in [-0.25, -0.2) is 9.37 Å². The van der Waals surface area contributed by atoms with Crippen molar-refractivity contribution in [1.29, 1.82) is 0 Å². The minimum atomic E-state index is -0.137. The van der Waals surface area contributed by atoms with Gasteiger partial charge in [-0.05, 0) is 38.4 Å². The van der Waals surface area contributed by atoms with Gasteiger partial charge in [-0.3, -0.25) is 4.90 Å². The van der Waals surface area contributed by atoms with Crippen molar-refractivity contribution in [3.8, 4) is 0 Å². The fraction of sp³-hybridized carbons (Fsp3) is 0.500. The molecular weight excluding hydrogens is 362 g/mol. The molecule has 2 heterocycles. The van der Waals surface area contributed by atoms with Gasteiger partial charge in [0.15, 0.2) is 5.15 Å². The van der Waals surface area contributed by atoms with Crippen molar-refractivity contribution in [3.63, 3.8) is 0 Å². The molecule has 25 heavy (non-hydrogen) atoms. The van der Waals surface area contributed by atoms with Crippen LogP contribution in [0.4, 0.5) is 10.1 Å². The Morgan fingerprint density at radius 1 is 1.04 bits per heavy atom. The summed E-state index contributed by atoms with van der Waals surface area (Å²) in [5.41, 5.74) is 0.712. The highest BCUT2D eigenvalue weighted by Gasteiger charge is 2.19. The number of unbranched alkanes of at least 4 members (excludes halogenated alkanes) is 1. The number of rotatable bonds is 6. The first-order valence-electron chi connectivity index (χ1n) is 8.66. The quantitative estimate of drug-likeness (QED) is 0.696. The van der Waals surface area contributed by atoms with Gasteiger partial charge >= 0.3 is 0 Å². The third-order valence-electron chi connectivity index (χ3n) is 4.73. The van der Waals surface area contributed by atoms with Crippen molar-refractivity contribution in [2.24, 2.45) is 0 Å². The van der Waals surface area contributed by atoms with E-state index in [1.54, 1.807) is 6.07 Å². The van der Waals surface area contributed by atoms with Gasteiger partial charge in [-0.15, -0.1) is 0 Å². The maximum Gasteiger partial charge on any atom is 0.166 e. The Kier molecular flexibility index (Phi) is 6.20. The van der Waals surface area contributed by atoms with E-state index in [0.29, 0.717) is 16.0 Å². The van der Waals surface area contributed by atoms with E-state index >= 15 is 0 Å². The summed E-state index contributed by atoms with van der Waals surface area (Å²) < 4.78 is 15.8. The maximum absolute atomic E-state index is 13.9. The highest BCUT2D eigenvalue weighted by molar-refractivity contribution is 6.40. The number of anilines is 1. The van der Waals surface area contributed by atoms with Gasteiger partial charge in [0, 0.05) is 32.7 Å². The summed E-state index contributed by atoms with van der Waals surface area (Å²) in [7, 11) is 0. The molecule has 1 aromatic carbocycles. The molecule has 0 unspecified atom stereocenters. The van der Waals surface area contributed by atoms with Gasteiger partial charge in [0.2, 0.25) is 0 Å². The average Bonchev–Trinajstić information content (AvgIpc) is 2.85. The topological polar surface area (TPSA) is 24.3 Å². The molecule has 0 bridgehead atoms. The summed E-state index contributed by atoms with van der Waals surface area (Å²) in [5, 5.41) is 0.904. The summed E-state index contributed by atoms with van der Waals surface area (Å²) >= 11 is 12.1. The van der Waals surface area contributed by atoms with Crippen molar-refractivity contribution >= 4 is 28.9 Å². The van der Waals surface area contributed by atoms with Gasteiger partial charge in [0.05, 0.1) is 5.69 Å². The van der Waals surface area contributed by atoms with Crippen LogP contribution < -0.4 is 4.90 Å². The van der Waals surface area contributed by atoms with Crippen molar-refractivity contribution in [1.82, 2.24) is 14.5 Å². The molecule has 0 aliphatic carbocycles. The first-order chi connectivity index (χ1) is 12.1. The number of piperazine rings is 1. The SMILES string of the molecule is Cc1nc(Cl)c(Cl)n1CCCCN1CCN(c2ccccc2F)CC1. The maximum atomic E-state index is 13.9. The molecule has 0 saturated carbocycles. The number of aromatic nitrogens is 2. The zero-order valence-electron chi connectivity index (χ0n) is 14.4. The van der Waals surface area contributed by atoms with E-state index in [0.717, 1.165) is 57.9 Å². The number of para-hydroxylation sites is 1. The largest absolute Gasteiger partial charge is 0.367 e. The number of hydrogen-bond donors (Lipinski definition) is 0. The Bertz CT molecular complexity index is 711. The highest BCUT2D eigenvalue weighted by atomic mass is 35.5. The third-order valence-corrected chi connectivity index (χ3v) is 5.47. The minimum Gasteiger partial charge on any atom is -0.367 e. The van der Waals surface area contributed by atoms with Crippen LogP contribution in [0.5, 0.6) is 0 Å². The van der Waals surface area contributed by atoms with Crippen molar-refractivity contribution in [3.05, 3.63) is 46.2 Å². The molecule has 0 radical (unpaired) electrons. The molecule has 1 aliphatic heterocycles. The highest BCUT2D eigenvalue weighted by Crippen LogP contribution is 2.23. The Balaban J connectivity index is 1.40. The van der Waals surface area contributed by atoms with E-state index in [2.05, 4.69) is 14.8 Å². The Labute approximate surface area is 158 Å². The molecular formula is C18H23Cl2FN4. The number of imidazole rings is 1. The van der Waals surface area contributed by atoms with Crippen LogP contribution in [-0.2, 0) is 6.54 Å². The Morgan fingerprint density at radius 3 is 2.36 bits per heavy atom. The van der Waals surface area contributed by atoms with E-state index in [4.69, 9.17) is 23.2 Å².